The van der Waals surface area contributed by atoms with Crippen molar-refractivity contribution in [3.8, 4) is 0 Å². The van der Waals surface area contributed by atoms with Gasteiger partial charge < -0.3 is 19.6 Å². The number of aromatic nitrogens is 2. The van der Waals surface area contributed by atoms with Gasteiger partial charge in [-0.15, -0.1) is 0 Å². The lowest BCUT2D eigenvalue weighted by Crippen LogP contribution is -2.51. The van der Waals surface area contributed by atoms with E-state index in [-0.39, 0.29) is 36.0 Å². The number of aromatic amines is 1. The second-order valence-electron chi connectivity index (χ2n) is 6.40. The molecular formula is C17H19N3O3. The number of H-pyrrole nitrogens is 1. The lowest BCUT2D eigenvalue weighted by atomic mass is 9.78. The van der Waals surface area contributed by atoms with Gasteiger partial charge in [-0.3, -0.25) is 9.59 Å². The van der Waals surface area contributed by atoms with E-state index < -0.39 is 0 Å². The minimum Gasteiger partial charge on any atom is -0.394 e. The summed E-state index contributed by atoms with van der Waals surface area (Å²) in [4.78, 5) is 29.7. The van der Waals surface area contributed by atoms with E-state index in [0.717, 1.165) is 12.1 Å². The van der Waals surface area contributed by atoms with Crippen LogP contribution in [0.2, 0.25) is 0 Å². The minimum atomic E-state index is -0.255. The van der Waals surface area contributed by atoms with Gasteiger partial charge in [0.25, 0.3) is 11.5 Å². The molecule has 0 saturated carbocycles. The van der Waals surface area contributed by atoms with Gasteiger partial charge in [-0.05, 0) is 24.6 Å². The number of carbonyl (C=O) groups is 1. The quantitative estimate of drug-likeness (QED) is 0.867. The number of rotatable bonds is 2. The van der Waals surface area contributed by atoms with Gasteiger partial charge in [-0.2, -0.15) is 0 Å². The van der Waals surface area contributed by atoms with Crippen molar-refractivity contribution in [2.75, 3.05) is 19.7 Å². The van der Waals surface area contributed by atoms with Crippen molar-refractivity contribution in [3.63, 3.8) is 0 Å². The minimum absolute atomic E-state index is 0.0203. The van der Waals surface area contributed by atoms with Crippen LogP contribution in [0.3, 0.4) is 0 Å². The molecule has 0 radical (unpaired) electrons. The molecule has 2 N–H and O–H groups in total. The van der Waals surface area contributed by atoms with E-state index >= 15 is 0 Å². The van der Waals surface area contributed by atoms with Gasteiger partial charge in [-0.1, -0.05) is 6.07 Å². The van der Waals surface area contributed by atoms with Crippen LogP contribution in [-0.4, -0.2) is 45.2 Å². The van der Waals surface area contributed by atoms with Gasteiger partial charge >= 0.3 is 0 Å². The Morgan fingerprint density at radius 1 is 1.26 bits per heavy atom. The first-order valence-electron chi connectivity index (χ1n) is 7.94. The average molecular weight is 313 g/mol. The molecule has 2 aliphatic rings. The van der Waals surface area contributed by atoms with E-state index in [1.165, 1.54) is 6.07 Å². The second-order valence-corrected chi connectivity index (χ2v) is 6.40. The molecule has 2 aliphatic heterocycles. The zero-order valence-corrected chi connectivity index (χ0v) is 12.7. The van der Waals surface area contributed by atoms with Crippen LogP contribution in [0.5, 0.6) is 0 Å². The van der Waals surface area contributed by atoms with Crippen LogP contribution in [0.15, 0.2) is 41.3 Å². The first-order chi connectivity index (χ1) is 11.2. The van der Waals surface area contributed by atoms with Gasteiger partial charge in [0.2, 0.25) is 0 Å². The van der Waals surface area contributed by atoms with Crippen LogP contribution in [0.25, 0.3) is 0 Å². The Morgan fingerprint density at radius 2 is 2.13 bits per heavy atom. The predicted octanol–water partition coefficient (Wildman–Crippen LogP) is 0.969. The number of fused-ring (bicyclic) bond motifs is 4. The Balaban J connectivity index is 1.71. The molecule has 0 aliphatic carbocycles. The molecule has 4 rings (SSSR count). The van der Waals surface area contributed by atoms with Crippen molar-refractivity contribution < 1.29 is 9.90 Å². The maximum Gasteiger partial charge on any atom is 0.270 e. The van der Waals surface area contributed by atoms with Crippen molar-refractivity contribution >= 4 is 5.91 Å². The van der Waals surface area contributed by atoms with Crippen LogP contribution in [0.4, 0.5) is 0 Å². The van der Waals surface area contributed by atoms with Crippen molar-refractivity contribution in [1.82, 2.24) is 14.5 Å². The molecule has 0 spiro atoms. The van der Waals surface area contributed by atoms with Gasteiger partial charge in [0.15, 0.2) is 0 Å². The van der Waals surface area contributed by atoms with E-state index in [9.17, 15) is 14.7 Å². The molecule has 6 heteroatoms. The zero-order chi connectivity index (χ0) is 16.0. The number of carbonyl (C=O) groups excluding carboxylic acids is 1. The number of piperidine rings is 1. The van der Waals surface area contributed by atoms with E-state index in [2.05, 4.69) is 4.98 Å². The number of aliphatic hydroxyl groups is 1. The predicted molar refractivity (Wildman–Crippen MR) is 84.4 cm³/mol. The highest BCUT2D eigenvalue weighted by molar-refractivity contribution is 5.92. The van der Waals surface area contributed by atoms with Gasteiger partial charge in [0, 0.05) is 42.9 Å². The molecule has 0 unspecified atom stereocenters. The Morgan fingerprint density at radius 3 is 2.87 bits per heavy atom. The summed E-state index contributed by atoms with van der Waals surface area (Å²) in [6, 6.07) is 8.56. The van der Waals surface area contributed by atoms with Crippen molar-refractivity contribution in [2.45, 2.75) is 18.4 Å². The topological polar surface area (TPSA) is 78.3 Å². The number of aliphatic hydroxyl groups excluding tert-OH is 1. The molecule has 6 nitrogen and oxygen atoms in total. The highest BCUT2D eigenvalue weighted by Crippen LogP contribution is 2.41. The molecule has 120 valence electrons. The fourth-order valence-corrected chi connectivity index (χ4v) is 4.08. The molecule has 3 atom stereocenters. The largest absolute Gasteiger partial charge is 0.394 e. The van der Waals surface area contributed by atoms with Crippen LogP contribution >= 0.6 is 0 Å². The third kappa shape index (κ3) is 2.21. The van der Waals surface area contributed by atoms with E-state index in [4.69, 9.17) is 0 Å². The van der Waals surface area contributed by atoms with Crippen molar-refractivity contribution in [1.29, 1.82) is 0 Å². The maximum absolute atomic E-state index is 12.6. The summed E-state index contributed by atoms with van der Waals surface area (Å²) < 4.78 is 1.73. The maximum atomic E-state index is 12.6. The number of nitrogens with zero attached hydrogens (tertiary/aromatic N) is 2. The number of likely N-dealkylation sites (tertiary alicyclic amines) is 1. The first-order valence-corrected chi connectivity index (χ1v) is 7.94. The fourth-order valence-electron chi connectivity index (χ4n) is 4.08. The molecule has 0 aromatic carbocycles. The van der Waals surface area contributed by atoms with E-state index in [1.54, 1.807) is 22.9 Å². The van der Waals surface area contributed by atoms with E-state index in [0.29, 0.717) is 18.8 Å². The number of amides is 1. The number of nitrogens with one attached hydrogen (secondary N) is 1. The Labute approximate surface area is 133 Å². The smallest absolute Gasteiger partial charge is 0.270 e. The molecule has 2 bridgehead atoms. The summed E-state index contributed by atoms with van der Waals surface area (Å²) in [5.74, 6) is 0.225. The molecule has 1 saturated heterocycles. The molecule has 4 heterocycles. The normalized spacial score (nSPS) is 26.0. The highest BCUT2D eigenvalue weighted by atomic mass is 16.3. The van der Waals surface area contributed by atoms with Crippen LogP contribution in [-0.2, 0) is 0 Å². The number of pyridine rings is 1. The van der Waals surface area contributed by atoms with Gasteiger partial charge in [0.1, 0.15) is 5.69 Å². The Kier molecular flexibility index (Phi) is 3.34. The Hall–Kier alpha value is -2.34. The van der Waals surface area contributed by atoms with Crippen molar-refractivity contribution in [3.05, 3.63) is 58.3 Å². The van der Waals surface area contributed by atoms with Crippen LogP contribution in [0, 0.1) is 5.92 Å². The summed E-state index contributed by atoms with van der Waals surface area (Å²) in [5.41, 5.74) is 1.44. The van der Waals surface area contributed by atoms with Crippen LogP contribution < -0.4 is 5.56 Å². The molecular weight excluding hydrogens is 294 g/mol. The van der Waals surface area contributed by atoms with Gasteiger partial charge in [0.05, 0.1) is 12.6 Å². The molecule has 2 aromatic heterocycles. The number of hydrogen-bond acceptors (Lipinski definition) is 3. The third-order valence-corrected chi connectivity index (χ3v) is 5.10. The van der Waals surface area contributed by atoms with Crippen LogP contribution in [0.1, 0.15) is 34.6 Å². The molecule has 23 heavy (non-hydrogen) atoms. The first kappa shape index (κ1) is 14.3. The highest BCUT2D eigenvalue weighted by Gasteiger charge is 2.41. The zero-order valence-electron chi connectivity index (χ0n) is 12.7. The second kappa shape index (κ2) is 5.38. The summed E-state index contributed by atoms with van der Waals surface area (Å²) in [6.45, 7) is 1.09. The lowest BCUT2D eigenvalue weighted by molar-refractivity contribution is 0.0433. The summed E-state index contributed by atoms with van der Waals surface area (Å²) in [5, 5.41) is 9.81. The average Bonchev–Trinajstić information content (AvgIpc) is 3.10. The third-order valence-electron chi connectivity index (χ3n) is 5.10. The molecule has 1 fully saturated rings. The van der Waals surface area contributed by atoms with E-state index in [1.807, 2.05) is 17.0 Å². The SMILES string of the molecule is O=C(c1ccc[nH]1)N1C[C@H]2C[C@@H](C1)[C@H](CO)n1c2cccc1=O. The summed E-state index contributed by atoms with van der Waals surface area (Å²) >= 11 is 0. The standard InChI is InChI=1S/C17H19N3O3/c21-10-15-12-7-11(14-4-1-5-16(22)20(14)15)8-19(9-12)17(23)13-3-2-6-18-13/h1-6,11-12,15,18,21H,7-10H2/t11-,12+,15+/m1/s1. The molecule has 1 amide bonds. The monoisotopic (exact) mass is 313 g/mol. The lowest BCUT2D eigenvalue weighted by Gasteiger charge is -2.46. The Bertz CT molecular complexity index is 781. The summed E-state index contributed by atoms with van der Waals surface area (Å²) in [7, 11) is 0. The fraction of sp³-hybridized carbons (Fsp3) is 0.412. The molecule has 2 aromatic rings. The van der Waals surface area contributed by atoms with Gasteiger partial charge in [-0.25, -0.2) is 0 Å². The number of hydrogen-bond donors (Lipinski definition) is 2. The van der Waals surface area contributed by atoms with Crippen molar-refractivity contribution in [2.24, 2.45) is 5.92 Å². The summed E-state index contributed by atoms with van der Waals surface area (Å²) in [6.07, 6.45) is 2.65.